The summed E-state index contributed by atoms with van der Waals surface area (Å²) >= 11 is 1.42. The Balaban J connectivity index is 2.12. The van der Waals surface area contributed by atoms with E-state index < -0.39 is 23.6 Å². The van der Waals surface area contributed by atoms with Crippen LogP contribution in [0.2, 0.25) is 0 Å². The van der Waals surface area contributed by atoms with E-state index in [1.807, 2.05) is 5.38 Å². The van der Waals surface area contributed by atoms with Crippen LogP contribution in [-0.4, -0.2) is 45.7 Å². The van der Waals surface area contributed by atoms with Crippen LogP contribution in [0.4, 0.5) is 4.79 Å². The van der Waals surface area contributed by atoms with Gasteiger partial charge in [0.05, 0.1) is 17.1 Å². The van der Waals surface area contributed by atoms with Crippen molar-refractivity contribution in [1.82, 2.24) is 9.88 Å². The molecule has 2 atom stereocenters. The molecule has 1 aromatic rings. The minimum atomic E-state index is -0.908. The van der Waals surface area contributed by atoms with Crippen molar-refractivity contribution in [3.63, 3.8) is 0 Å². The van der Waals surface area contributed by atoms with Gasteiger partial charge in [0.2, 0.25) is 0 Å². The third-order valence-corrected chi connectivity index (χ3v) is 3.72. The zero-order valence-corrected chi connectivity index (χ0v) is 12.5. The van der Waals surface area contributed by atoms with Crippen molar-refractivity contribution in [1.29, 1.82) is 0 Å². The number of hydrogen-bond acceptors (Lipinski definition) is 5. The van der Waals surface area contributed by atoms with E-state index in [9.17, 15) is 14.7 Å². The summed E-state index contributed by atoms with van der Waals surface area (Å²) < 4.78 is 5.29. The van der Waals surface area contributed by atoms with Crippen molar-refractivity contribution in [2.24, 2.45) is 5.92 Å². The molecular formula is C13H18N2O4S. The van der Waals surface area contributed by atoms with E-state index in [1.54, 1.807) is 26.3 Å². The molecule has 2 unspecified atom stereocenters. The number of carboxylic acids is 1. The summed E-state index contributed by atoms with van der Waals surface area (Å²) in [7, 11) is 0. The van der Waals surface area contributed by atoms with Crippen molar-refractivity contribution >= 4 is 23.4 Å². The first-order valence-electron chi connectivity index (χ1n) is 6.37. The number of aliphatic carboxylic acids is 1. The summed E-state index contributed by atoms with van der Waals surface area (Å²) in [4.78, 5) is 29.0. The number of ether oxygens (including phenoxy) is 1. The largest absolute Gasteiger partial charge is 0.481 e. The molecule has 0 aromatic carbocycles. The minimum absolute atomic E-state index is 0.159. The van der Waals surface area contributed by atoms with Crippen LogP contribution in [-0.2, 0) is 9.53 Å². The van der Waals surface area contributed by atoms with E-state index in [4.69, 9.17) is 4.74 Å². The number of nitrogens with zero attached hydrogens (tertiary/aromatic N) is 2. The molecule has 7 heteroatoms. The number of carbonyl (C=O) groups is 2. The molecule has 1 N–H and O–H groups in total. The first kappa shape index (κ1) is 14.8. The lowest BCUT2D eigenvalue weighted by Gasteiger charge is -2.24. The van der Waals surface area contributed by atoms with Crippen molar-refractivity contribution < 1.29 is 19.4 Å². The van der Waals surface area contributed by atoms with Crippen molar-refractivity contribution in [2.45, 2.75) is 32.3 Å². The molecule has 1 amide bonds. The predicted octanol–water partition coefficient (Wildman–Crippen LogP) is 2.18. The second kappa shape index (κ2) is 5.40. The van der Waals surface area contributed by atoms with Crippen LogP contribution in [0, 0.1) is 5.92 Å². The number of amides is 1. The van der Waals surface area contributed by atoms with Gasteiger partial charge in [-0.3, -0.25) is 4.79 Å². The number of likely N-dealkylation sites (tertiary alicyclic amines) is 1. The van der Waals surface area contributed by atoms with Crippen LogP contribution in [0.25, 0.3) is 0 Å². The second-order valence-corrected chi connectivity index (χ2v) is 6.57. The van der Waals surface area contributed by atoms with Gasteiger partial charge >= 0.3 is 12.1 Å². The standard InChI is InChI=1S/C13H18N2O4S/c1-13(2,3)19-12(18)15-4-8(9(5-15)11(16)17)10-6-20-7-14-10/h6-9H,4-5H2,1-3H3,(H,16,17). The fourth-order valence-corrected chi connectivity index (χ4v) is 2.85. The van der Waals surface area contributed by atoms with Gasteiger partial charge in [-0.25, -0.2) is 9.78 Å². The molecule has 1 saturated heterocycles. The van der Waals surface area contributed by atoms with Crippen LogP contribution in [0.1, 0.15) is 32.4 Å². The Bertz CT molecular complexity index is 495. The van der Waals surface area contributed by atoms with E-state index in [-0.39, 0.29) is 12.5 Å². The second-order valence-electron chi connectivity index (χ2n) is 5.85. The first-order chi connectivity index (χ1) is 9.28. The lowest BCUT2D eigenvalue weighted by molar-refractivity contribution is -0.141. The minimum Gasteiger partial charge on any atom is -0.481 e. The van der Waals surface area contributed by atoms with E-state index in [0.29, 0.717) is 6.54 Å². The Morgan fingerprint density at radius 1 is 1.45 bits per heavy atom. The molecule has 0 saturated carbocycles. The van der Waals surface area contributed by atoms with Gasteiger partial charge < -0.3 is 14.7 Å². The highest BCUT2D eigenvalue weighted by atomic mass is 32.1. The van der Waals surface area contributed by atoms with Crippen molar-refractivity contribution in [3.05, 3.63) is 16.6 Å². The summed E-state index contributed by atoms with van der Waals surface area (Å²) in [6.45, 7) is 5.84. The van der Waals surface area contributed by atoms with Crippen LogP contribution >= 0.6 is 11.3 Å². The SMILES string of the molecule is CC(C)(C)OC(=O)N1CC(C(=O)O)C(c2cscn2)C1. The molecule has 20 heavy (non-hydrogen) atoms. The molecule has 0 radical (unpaired) electrons. The Labute approximate surface area is 121 Å². The number of carboxylic acid groups (broad SMARTS) is 1. The Hall–Kier alpha value is -1.63. The fraction of sp³-hybridized carbons (Fsp3) is 0.615. The lowest BCUT2D eigenvalue weighted by Crippen LogP contribution is -2.35. The van der Waals surface area contributed by atoms with E-state index >= 15 is 0 Å². The molecule has 0 bridgehead atoms. The summed E-state index contributed by atoms with van der Waals surface area (Å²) in [6.07, 6.45) is -0.471. The molecule has 110 valence electrons. The third kappa shape index (κ3) is 3.27. The molecule has 1 fully saturated rings. The van der Waals surface area contributed by atoms with Gasteiger partial charge in [0, 0.05) is 24.4 Å². The maximum absolute atomic E-state index is 12.0. The molecule has 0 aliphatic carbocycles. The fourth-order valence-electron chi connectivity index (χ4n) is 2.23. The van der Waals surface area contributed by atoms with Crippen LogP contribution in [0.3, 0.4) is 0 Å². The monoisotopic (exact) mass is 298 g/mol. The predicted molar refractivity (Wildman–Crippen MR) is 73.8 cm³/mol. The normalized spacial score (nSPS) is 22.9. The quantitative estimate of drug-likeness (QED) is 0.905. The van der Waals surface area contributed by atoms with Gasteiger partial charge in [0.15, 0.2) is 0 Å². The average molecular weight is 298 g/mol. The Morgan fingerprint density at radius 3 is 2.65 bits per heavy atom. The number of carbonyl (C=O) groups excluding carboxylic acids is 1. The summed E-state index contributed by atoms with van der Waals surface area (Å²) in [5.74, 6) is -1.81. The molecule has 1 aliphatic rings. The zero-order chi connectivity index (χ0) is 14.9. The van der Waals surface area contributed by atoms with Gasteiger partial charge in [0.1, 0.15) is 5.60 Å². The van der Waals surface area contributed by atoms with E-state index in [2.05, 4.69) is 4.98 Å². The number of aromatic nitrogens is 1. The number of hydrogen-bond donors (Lipinski definition) is 1. The number of thiazole rings is 1. The molecule has 2 heterocycles. The summed E-state index contributed by atoms with van der Waals surface area (Å²) in [5, 5.41) is 11.1. The lowest BCUT2D eigenvalue weighted by atomic mass is 9.94. The molecule has 2 rings (SSSR count). The Kier molecular flexibility index (Phi) is 3.99. The molecule has 1 aromatic heterocycles. The molecular weight excluding hydrogens is 280 g/mol. The topological polar surface area (TPSA) is 79.7 Å². The van der Waals surface area contributed by atoms with E-state index in [0.717, 1.165) is 5.69 Å². The molecule has 6 nitrogen and oxygen atoms in total. The van der Waals surface area contributed by atoms with Gasteiger partial charge in [-0.2, -0.15) is 0 Å². The van der Waals surface area contributed by atoms with Crippen molar-refractivity contribution in [2.75, 3.05) is 13.1 Å². The van der Waals surface area contributed by atoms with Crippen LogP contribution in [0.5, 0.6) is 0 Å². The summed E-state index contributed by atoms with van der Waals surface area (Å²) in [5.41, 5.74) is 1.81. The smallest absolute Gasteiger partial charge is 0.410 e. The van der Waals surface area contributed by atoms with Crippen molar-refractivity contribution in [3.8, 4) is 0 Å². The molecule has 1 aliphatic heterocycles. The van der Waals surface area contributed by atoms with Gasteiger partial charge in [-0.15, -0.1) is 11.3 Å². The highest BCUT2D eigenvalue weighted by Crippen LogP contribution is 2.33. The third-order valence-electron chi connectivity index (χ3n) is 3.12. The van der Waals surface area contributed by atoms with Crippen LogP contribution in [0.15, 0.2) is 10.9 Å². The average Bonchev–Trinajstić information content (AvgIpc) is 2.95. The molecule has 0 spiro atoms. The van der Waals surface area contributed by atoms with Gasteiger partial charge in [-0.1, -0.05) is 0 Å². The maximum atomic E-state index is 12.0. The Morgan fingerprint density at radius 2 is 2.15 bits per heavy atom. The zero-order valence-electron chi connectivity index (χ0n) is 11.7. The highest BCUT2D eigenvalue weighted by Gasteiger charge is 2.42. The highest BCUT2D eigenvalue weighted by molar-refractivity contribution is 7.07. The number of rotatable bonds is 2. The van der Waals surface area contributed by atoms with Gasteiger partial charge in [0.25, 0.3) is 0 Å². The van der Waals surface area contributed by atoms with E-state index in [1.165, 1.54) is 16.2 Å². The summed E-state index contributed by atoms with van der Waals surface area (Å²) in [6, 6.07) is 0. The van der Waals surface area contributed by atoms with Crippen LogP contribution < -0.4 is 0 Å². The van der Waals surface area contributed by atoms with Gasteiger partial charge in [-0.05, 0) is 20.8 Å². The maximum Gasteiger partial charge on any atom is 0.410 e. The first-order valence-corrected chi connectivity index (χ1v) is 7.31.